The maximum Gasteiger partial charge on any atom is 0.421 e. The van der Waals surface area contributed by atoms with Crippen LogP contribution in [-0.2, 0) is 20.7 Å². The number of rotatable bonds is 8. The minimum Gasteiger partial charge on any atom is -0.467 e. The topological polar surface area (TPSA) is 119 Å². The second-order valence-electron chi connectivity index (χ2n) is 9.41. The van der Waals surface area contributed by atoms with Crippen LogP contribution in [0.5, 0.6) is 0 Å². The Morgan fingerprint density at radius 2 is 1.59 bits per heavy atom. The molecule has 1 aliphatic carbocycles. The van der Waals surface area contributed by atoms with Gasteiger partial charge in [0, 0.05) is 18.6 Å². The Kier molecular flexibility index (Phi) is 8.39. The summed E-state index contributed by atoms with van der Waals surface area (Å²) in [5, 5.41) is 23.8. The number of nitrogens with zero attached hydrogens (tertiary/aromatic N) is 1. The number of allylic oxidation sites excluding steroid dienone is 2. The average Bonchev–Trinajstić information content (AvgIpc) is 2.97. The van der Waals surface area contributed by atoms with Crippen molar-refractivity contribution in [2.45, 2.75) is 24.2 Å². The van der Waals surface area contributed by atoms with Crippen LogP contribution < -0.4 is 5.32 Å². The van der Waals surface area contributed by atoms with E-state index in [0.717, 1.165) is 24.8 Å². The molecule has 0 heterocycles. The van der Waals surface area contributed by atoms with Gasteiger partial charge in [0.1, 0.15) is 6.04 Å². The molecule has 0 spiro atoms. The molecular formula is C30H25F3N2O6. The van der Waals surface area contributed by atoms with E-state index in [-0.39, 0.29) is 12.1 Å². The van der Waals surface area contributed by atoms with Crippen LogP contribution in [-0.4, -0.2) is 46.8 Å². The monoisotopic (exact) mass is 566 g/mol. The number of halogens is 3. The summed E-state index contributed by atoms with van der Waals surface area (Å²) in [5.74, 6) is -4.17. The largest absolute Gasteiger partial charge is 0.467 e. The second-order valence-corrected chi connectivity index (χ2v) is 9.41. The van der Waals surface area contributed by atoms with Gasteiger partial charge in [0.05, 0.1) is 18.0 Å². The second kappa shape index (κ2) is 11.8. The lowest BCUT2D eigenvalue weighted by Gasteiger charge is -2.36. The van der Waals surface area contributed by atoms with Gasteiger partial charge in [0.25, 0.3) is 5.69 Å². The molecular weight excluding hydrogens is 541 g/mol. The maximum atomic E-state index is 14.0. The summed E-state index contributed by atoms with van der Waals surface area (Å²) in [4.78, 5) is 36.2. The highest BCUT2D eigenvalue weighted by Gasteiger charge is 2.59. The van der Waals surface area contributed by atoms with Crippen LogP contribution in [0.1, 0.15) is 11.1 Å². The number of nitrogens with one attached hydrogen (secondary N) is 1. The van der Waals surface area contributed by atoms with Gasteiger partial charge in [-0.25, -0.2) is 4.79 Å². The number of carbonyl (C=O) groups excluding carboxylic acids is 2. The van der Waals surface area contributed by atoms with Gasteiger partial charge in [-0.2, -0.15) is 13.2 Å². The fourth-order valence-corrected chi connectivity index (χ4v) is 4.49. The Balaban J connectivity index is 1.57. The molecule has 0 fully saturated rings. The number of hydrogen-bond donors (Lipinski definition) is 2. The number of amides is 1. The lowest BCUT2D eigenvalue weighted by molar-refractivity contribution is -0.384. The van der Waals surface area contributed by atoms with Crippen molar-refractivity contribution in [3.63, 3.8) is 0 Å². The van der Waals surface area contributed by atoms with E-state index in [1.54, 1.807) is 66.7 Å². The van der Waals surface area contributed by atoms with Crippen LogP contribution in [0.15, 0.2) is 97.1 Å². The summed E-state index contributed by atoms with van der Waals surface area (Å²) in [6, 6.07) is 19.7. The number of hydrogen-bond acceptors (Lipinski definition) is 6. The fraction of sp³-hybridized carbons (Fsp3) is 0.200. The first-order valence-electron chi connectivity index (χ1n) is 12.4. The first-order chi connectivity index (χ1) is 19.4. The van der Waals surface area contributed by atoms with Crippen LogP contribution in [0.3, 0.4) is 0 Å². The molecule has 4 rings (SSSR count). The van der Waals surface area contributed by atoms with E-state index in [1.807, 2.05) is 0 Å². The minimum atomic E-state index is -5.18. The number of nitro benzene ring substituents is 1. The van der Waals surface area contributed by atoms with Gasteiger partial charge in [-0.15, -0.1) is 0 Å². The lowest BCUT2D eigenvalue weighted by atomic mass is 9.79. The SMILES string of the molecule is COC(=O)[C@H](Cc1ccc(-c2ccc([N+](=O)[O-])cc2)cc1)NC(=O)C1C=C(c2ccccc2)C=CC1(O)C(F)(F)F. The van der Waals surface area contributed by atoms with Crippen molar-refractivity contribution in [3.8, 4) is 11.1 Å². The zero-order valence-corrected chi connectivity index (χ0v) is 21.7. The summed E-state index contributed by atoms with van der Waals surface area (Å²) in [6.07, 6.45) is -2.61. The Labute approximate surface area is 232 Å². The van der Waals surface area contributed by atoms with Gasteiger partial charge in [-0.05, 0) is 46.0 Å². The molecule has 0 saturated carbocycles. The molecule has 2 unspecified atom stereocenters. The molecule has 3 aromatic carbocycles. The number of alkyl halides is 3. The third-order valence-corrected chi connectivity index (χ3v) is 6.79. The number of methoxy groups -OCH3 is 1. The van der Waals surface area contributed by atoms with Crippen molar-refractivity contribution in [3.05, 3.63) is 118 Å². The van der Waals surface area contributed by atoms with E-state index in [9.17, 15) is 38.0 Å². The van der Waals surface area contributed by atoms with Crippen LogP contribution in [0.2, 0.25) is 0 Å². The molecule has 3 aromatic rings. The first kappa shape index (κ1) is 29.2. The van der Waals surface area contributed by atoms with Crippen molar-refractivity contribution in [1.82, 2.24) is 5.32 Å². The normalized spacial score (nSPS) is 19.1. The summed E-state index contributed by atoms with van der Waals surface area (Å²) < 4.78 is 46.7. The van der Waals surface area contributed by atoms with Crippen molar-refractivity contribution < 1.29 is 37.5 Å². The van der Waals surface area contributed by atoms with Crippen molar-refractivity contribution in [2.75, 3.05) is 7.11 Å². The third-order valence-electron chi connectivity index (χ3n) is 6.79. The minimum absolute atomic E-state index is 0.0568. The predicted molar refractivity (Wildman–Crippen MR) is 144 cm³/mol. The van der Waals surface area contributed by atoms with E-state index < -0.39 is 40.5 Å². The highest BCUT2D eigenvalue weighted by Crippen LogP contribution is 2.42. The zero-order valence-electron chi connectivity index (χ0n) is 21.7. The molecule has 2 N–H and O–H groups in total. The Morgan fingerprint density at radius 1 is 1.00 bits per heavy atom. The number of benzene rings is 3. The molecule has 1 aliphatic rings. The summed E-state index contributed by atoms with van der Waals surface area (Å²) in [5.41, 5.74) is -0.717. The van der Waals surface area contributed by atoms with E-state index in [0.29, 0.717) is 28.3 Å². The van der Waals surface area contributed by atoms with Gasteiger partial charge < -0.3 is 15.2 Å². The summed E-state index contributed by atoms with van der Waals surface area (Å²) >= 11 is 0. The van der Waals surface area contributed by atoms with Crippen molar-refractivity contribution in [1.29, 1.82) is 0 Å². The Morgan fingerprint density at radius 3 is 2.12 bits per heavy atom. The number of esters is 1. The lowest BCUT2D eigenvalue weighted by Crippen LogP contribution is -2.57. The van der Waals surface area contributed by atoms with Gasteiger partial charge >= 0.3 is 12.1 Å². The fourth-order valence-electron chi connectivity index (χ4n) is 4.49. The number of non-ortho nitro benzene ring substituents is 1. The van der Waals surface area contributed by atoms with Crippen molar-refractivity contribution in [2.24, 2.45) is 5.92 Å². The third kappa shape index (κ3) is 6.36. The van der Waals surface area contributed by atoms with Crippen LogP contribution >= 0.6 is 0 Å². The van der Waals surface area contributed by atoms with Gasteiger partial charge in [-0.3, -0.25) is 14.9 Å². The van der Waals surface area contributed by atoms with Crippen LogP contribution in [0.25, 0.3) is 16.7 Å². The van der Waals surface area contributed by atoms with Crippen molar-refractivity contribution >= 4 is 23.1 Å². The molecule has 212 valence electrons. The van der Waals surface area contributed by atoms with E-state index in [2.05, 4.69) is 5.32 Å². The number of nitro groups is 1. The van der Waals surface area contributed by atoms with E-state index in [1.165, 1.54) is 12.1 Å². The molecule has 0 saturated heterocycles. The molecule has 41 heavy (non-hydrogen) atoms. The molecule has 1 amide bonds. The van der Waals surface area contributed by atoms with Crippen LogP contribution in [0, 0.1) is 16.0 Å². The van der Waals surface area contributed by atoms with E-state index in [4.69, 9.17) is 4.74 Å². The number of ether oxygens (including phenoxy) is 1. The quantitative estimate of drug-likeness (QED) is 0.225. The van der Waals surface area contributed by atoms with Gasteiger partial charge in [0.15, 0.2) is 5.60 Å². The molecule has 0 bridgehead atoms. The Hall–Kier alpha value is -4.77. The predicted octanol–water partition coefficient (Wildman–Crippen LogP) is 5.03. The molecule has 0 aliphatic heterocycles. The maximum absolute atomic E-state index is 14.0. The molecule has 8 nitrogen and oxygen atoms in total. The molecule has 11 heteroatoms. The van der Waals surface area contributed by atoms with E-state index >= 15 is 0 Å². The average molecular weight is 567 g/mol. The van der Waals surface area contributed by atoms with Gasteiger partial charge in [0.2, 0.25) is 5.91 Å². The standard InChI is InChI=1S/C30H25F3N2O6/c1-41-28(37)26(17-19-7-9-21(10-8-19)22-11-13-24(14-12-22)35(39)40)34-27(36)25-18-23(20-5-3-2-4-6-20)15-16-29(25,38)30(31,32)33/h2-16,18,25-26,38H,17H2,1H3,(H,34,36)/t25?,26-,29?/m0/s1. The van der Waals surface area contributed by atoms with Crippen LogP contribution in [0.4, 0.5) is 18.9 Å². The Bertz CT molecular complexity index is 1490. The highest BCUT2D eigenvalue weighted by molar-refractivity contribution is 5.91. The first-order valence-corrected chi connectivity index (χ1v) is 12.4. The number of carbonyl (C=O) groups is 2. The molecule has 0 aromatic heterocycles. The molecule has 0 radical (unpaired) electrons. The smallest absolute Gasteiger partial charge is 0.421 e. The highest BCUT2D eigenvalue weighted by atomic mass is 19.4. The van der Waals surface area contributed by atoms with Gasteiger partial charge in [-0.1, -0.05) is 66.7 Å². The zero-order chi connectivity index (χ0) is 29.8. The number of aliphatic hydroxyl groups is 1. The molecule has 3 atom stereocenters. The summed E-state index contributed by atoms with van der Waals surface area (Å²) in [6.45, 7) is 0. The summed E-state index contributed by atoms with van der Waals surface area (Å²) in [7, 11) is 1.09.